The zero-order valence-corrected chi connectivity index (χ0v) is 14.9. The summed E-state index contributed by atoms with van der Waals surface area (Å²) in [7, 11) is 0. The van der Waals surface area contributed by atoms with Crippen molar-refractivity contribution < 1.29 is 14.3 Å². The van der Waals surface area contributed by atoms with Gasteiger partial charge in [-0.15, -0.1) is 12.4 Å². The highest BCUT2D eigenvalue weighted by Crippen LogP contribution is 2.16. The minimum atomic E-state index is -0.253. The molecule has 0 bridgehead atoms. The van der Waals surface area contributed by atoms with Crippen LogP contribution in [-0.4, -0.2) is 43.2 Å². The van der Waals surface area contributed by atoms with Gasteiger partial charge in [0.15, 0.2) is 0 Å². The molecule has 0 amide bonds. The topological polar surface area (TPSA) is 38.8 Å². The van der Waals surface area contributed by atoms with E-state index in [1.807, 2.05) is 12.1 Å². The number of carbonyl (C=O) groups is 1. The third kappa shape index (κ3) is 6.40. The molecule has 1 atom stereocenters. The Bertz CT molecular complexity index is 464. The van der Waals surface area contributed by atoms with Crippen LogP contribution in [0.1, 0.15) is 49.9 Å². The van der Waals surface area contributed by atoms with Gasteiger partial charge in [0, 0.05) is 12.6 Å². The fourth-order valence-corrected chi connectivity index (χ4v) is 2.75. The molecule has 1 aliphatic heterocycles. The van der Waals surface area contributed by atoms with Crippen LogP contribution in [0.5, 0.6) is 5.75 Å². The predicted molar refractivity (Wildman–Crippen MR) is 94.6 cm³/mol. The molecule has 130 valence electrons. The second-order valence-corrected chi connectivity index (χ2v) is 5.89. The molecule has 1 saturated heterocycles. The molecule has 0 aliphatic carbocycles. The summed E-state index contributed by atoms with van der Waals surface area (Å²) in [6.07, 6.45) is 4.44. The van der Waals surface area contributed by atoms with E-state index in [-0.39, 0.29) is 18.4 Å². The van der Waals surface area contributed by atoms with E-state index in [0.717, 1.165) is 25.1 Å². The highest BCUT2D eigenvalue weighted by molar-refractivity contribution is 5.89. The number of esters is 1. The number of ether oxygens (including phenoxy) is 2. The standard InChI is InChI=1S/C18H27NO3.ClH/c1-3-13-21-17-9-7-16(8-10-17)18(20)22-14-5-12-19-11-4-6-15(19)2;/h7-10,15H,3-6,11-14H2,1-2H3;1H. The minimum absolute atomic E-state index is 0. The van der Waals surface area contributed by atoms with Crippen LogP contribution in [0.4, 0.5) is 0 Å². The summed E-state index contributed by atoms with van der Waals surface area (Å²) in [5, 5.41) is 0. The summed E-state index contributed by atoms with van der Waals surface area (Å²) in [6.45, 7) is 7.69. The van der Waals surface area contributed by atoms with Gasteiger partial charge in [-0.3, -0.25) is 0 Å². The van der Waals surface area contributed by atoms with E-state index in [4.69, 9.17) is 9.47 Å². The van der Waals surface area contributed by atoms with Crippen molar-refractivity contribution >= 4 is 18.4 Å². The molecule has 1 aliphatic rings. The maximum atomic E-state index is 12.0. The monoisotopic (exact) mass is 341 g/mol. The SMILES string of the molecule is CCCOc1ccc(C(=O)OCCCN2CCCC2C)cc1.Cl. The number of benzene rings is 1. The largest absolute Gasteiger partial charge is 0.494 e. The first-order chi connectivity index (χ1) is 10.7. The first kappa shape index (κ1) is 19.8. The van der Waals surface area contributed by atoms with Crippen molar-refractivity contribution in [2.24, 2.45) is 0 Å². The average Bonchev–Trinajstić information content (AvgIpc) is 2.95. The number of hydrogen-bond acceptors (Lipinski definition) is 4. The number of carbonyl (C=O) groups excluding carboxylic acids is 1. The molecule has 2 rings (SSSR count). The van der Waals surface area contributed by atoms with Gasteiger partial charge in [-0.25, -0.2) is 4.79 Å². The Morgan fingerprint density at radius 2 is 2.00 bits per heavy atom. The van der Waals surface area contributed by atoms with Crippen molar-refractivity contribution in [3.05, 3.63) is 29.8 Å². The Morgan fingerprint density at radius 1 is 1.26 bits per heavy atom. The van der Waals surface area contributed by atoms with Crippen molar-refractivity contribution in [1.29, 1.82) is 0 Å². The molecule has 0 aromatic heterocycles. The first-order valence-electron chi connectivity index (χ1n) is 8.34. The Hall–Kier alpha value is -1.26. The second-order valence-electron chi connectivity index (χ2n) is 5.89. The van der Waals surface area contributed by atoms with Gasteiger partial charge in [-0.1, -0.05) is 6.92 Å². The van der Waals surface area contributed by atoms with Crippen LogP contribution in [0.3, 0.4) is 0 Å². The van der Waals surface area contributed by atoms with E-state index in [0.29, 0.717) is 24.8 Å². The summed E-state index contributed by atoms with van der Waals surface area (Å²) >= 11 is 0. The molecule has 0 saturated carbocycles. The summed E-state index contributed by atoms with van der Waals surface area (Å²) < 4.78 is 10.8. The lowest BCUT2D eigenvalue weighted by Gasteiger charge is -2.20. The first-order valence-corrected chi connectivity index (χ1v) is 8.34. The number of rotatable bonds is 8. The van der Waals surface area contributed by atoms with Gasteiger partial charge in [-0.2, -0.15) is 0 Å². The molecule has 4 nitrogen and oxygen atoms in total. The highest BCUT2D eigenvalue weighted by atomic mass is 35.5. The quantitative estimate of drug-likeness (QED) is 0.530. The van der Waals surface area contributed by atoms with Crippen LogP contribution in [0.15, 0.2) is 24.3 Å². The Morgan fingerprint density at radius 3 is 2.61 bits per heavy atom. The van der Waals surface area contributed by atoms with Crippen LogP contribution >= 0.6 is 12.4 Å². The predicted octanol–water partition coefficient (Wildman–Crippen LogP) is 3.93. The van der Waals surface area contributed by atoms with Gasteiger partial charge >= 0.3 is 5.97 Å². The maximum Gasteiger partial charge on any atom is 0.338 e. The van der Waals surface area contributed by atoms with E-state index >= 15 is 0 Å². The molecule has 1 unspecified atom stereocenters. The molecular formula is C18H28ClNO3. The van der Waals surface area contributed by atoms with E-state index < -0.39 is 0 Å². The van der Waals surface area contributed by atoms with E-state index in [9.17, 15) is 4.79 Å². The molecule has 0 spiro atoms. The van der Waals surface area contributed by atoms with Gasteiger partial charge < -0.3 is 14.4 Å². The lowest BCUT2D eigenvalue weighted by Crippen LogP contribution is -2.28. The van der Waals surface area contributed by atoms with Crippen LogP contribution in [0.25, 0.3) is 0 Å². The van der Waals surface area contributed by atoms with E-state index in [1.54, 1.807) is 12.1 Å². The normalized spacial score (nSPS) is 17.6. The van der Waals surface area contributed by atoms with Gasteiger partial charge in [0.1, 0.15) is 5.75 Å². The van der Waals surface area contributed by atoms with Crippen molar-refractivity contribution in [3.63, 3.8) is 0 Å². The van der Waals surface area contributed by atoms with Gasteiger partial charge in [0.05, 0.1) is 18.8 Å². The molecule has 5 heteroatoms. The number of likely N-dealkylation sites (tertiary alicyclic amines) is 1. The lowest BCUT2D eigenvalue weighted by atomic mass is 10.2. The van der Waals surface area contributed by atoms with E-state index in [2.05, 4.69) is 18.7 Å². The van der Waals surface area contributed by atoms with Gasteiger partial charge in [-0.05, 0) is 63.4 Å². The molecular weight excluding hydrogens is 314 g/mol. The summed E-state index contributed by atoms with van der Waals surface area (Å²) in [5.41, 5.74) is 0.582. The molecule has 1 heterocycles. The molecule has 1 aromatic rings. The third-order valence-electron chi connectivity index (χ3n) is 4.08. The Labute approximate surface area is 145 Å². The van der Waals surface area contributed by atoms with Crippen LogP contribution in [0, 0.1) is 0 Å². The maximum absolute atomic E-state index is 12.0. The second kappa shape index (κ2) is 10.5. The summed E-state index contributed by atoms with van der Waals surface area (Å²) in [5.74, 6) is 0.540. The van der Waals surface area contributed by atoms with Crippen LogP contribution in [0.2, 0.25) is 0 Å². The third-order valence-corrected chi connectivity index (χ3v) is 4.08. The smallest absolute Gasteiger partial charge is 0.338 e. The number of nitrogens with zero attached hydrogens (tertiary/aromatic N) is 1. The van der Waals surface area contributed by atoms with Crippen LogP contribution in [-0.2, 0) is 4.74 Å². The molecule has 0 N–H and O–H groups in total. The Balaban J connectivity index is 0.00000264. The summed E-state index contributed by atoms with van der Waals surface area (Å²) in [6, 6.07) is 7.83. The zero-order valence-electron chi connectivity index (χ0n) is 14.1. The van der Waals surface area contributed by atoms with Crippen molar-refractivity contribution in [3.8, 4) is 5.75 Å². The molecule has 23 heavy (non-hydrogen) atoms. The van der Waals surface area contributed by atoms with E-state index in [1.165, 1.54) is 19.4 Å². The Kier molecular flexibility index (Phi) is 9.03. The average molecular weight is 342 g/mol. The van der Waals surface area contributed by atoms with Crippen molar-refractivity contribution in [2.75, 3.05) is 26.3 Å². The van der Waals surface area contributed by atoms with Crippen molar-refractivity contribution in [2.45, 2.75) is 45.6 Å². The molecule has 1 fully saturated rings. The van der Waals surface area contributed by atoms with Crippen molar-refractivity contribution in [1.82, 2.24) is 4.90 Å². The number of hydrogen-bond donors (Lipinski definition) is 0. The van der Waals surface area contributed by atoms with Gasteiger partial charge in [0.25, 0.3) is 0 Å². The molecule has 0 radical (unpaired) electrons. The van der Waals surface area contributed by atoms with Crippen LogP contribution < -0.4 is 4.74 Å². The zero-order chi connectivity index (χ0) is 15.8. The number of halogens is 1. The lowest BCUT2D eigenvalue weighted by molar-refractivity contribution is 0.0487. The summed E-state index contributed by atoms with van der Waals surface area (Å²) in [4.78, 5) is 14.4. The fraction of sp³-hybridized carbons (Fsp3) is 0.611. The highest BCUT2D eigenvalue weighted by Gasteiger charge is 2.19. The van der Waals surface area contributed by atoms with Gasteiger partial charge in [0.2, 0.25) is 0 Å². The minimum Gasteiger partial charge on any atom is -0.494 e. The fourth-order valence-electron chi connectivity index (χ4n) is 2.75. The molecule has 1 aromatic carbocycles.